The Labute approximate surface area is 105 Å². The van der Waals surface area contributed by atoms with Crippen LogP contribution in [0.5, 0.6) is 0 Å². The van der Waals surface area contributed by atoms with Gasteiger partial charge >= 0.3 is 5.97 Å². The Morgan fingerprint density at radius 1 is 1.22 bits per heavy atom. The van der Waals surface area contributed by atoms with Gasteiger partial charge in [-0.25, -0.2) is 4.79 Å². The predicted molar refractivity (Wildman–Crippen MR) is 62.3 cm³/mol. The third kappa shape index (κ3) is 2.63. The SMILES string of the molecule is NC(=O)C[C@H](NC(=O)C1C2CCCCC21)C(=O)O. The zero-order valence-electron chi connectivity index (χ0n) is 10.1. The first-order valence-electron chi connectivity index (χ1n) is 6.32. The van der Waals surface area contributed by atoms with E-state index in [1.165, 1.54) is 0 Å². The lowest BCUT2D eigenvalue weighted by molar-refractivity contribution is -0.143. The van der Waals surface area contributed by atoms with Gasteiger partial charge in [-0.3, -0.25) is 9.59 Å². The zero-order valence-corrected chi connectivity index (χ0v) is 10.1. The molecule has 6 heteroatoms. The van der Waals surface area contributed by atoms with Gasteiger partial charge in [0, 0.05) is 5.92 Å². The van der Waals surface area contributed by atoms with Crippen molar-refractivity contribution in [2.24, 2.45) is 23.5 Å². The number of carboxylic acid groups (broad SMARTS) is 1. The van der Waals surface area contributed by atoms with Crippen molar-refractivity contribution in [2.75, 3.05) is 0 Å². The highest BCUT2D eigenvalue weighted by Crippen LogP contribution is 2.55. The first-order valence-corrected chi connectivity index (χ1v) is 6.32. The highest BCUT2D eigenvalue weighted by atomic mass is 16.4. The van der Waals surface area contributed by atoms with Gasteiger partial charge in [0.25, 0.3) is 0 Å². The second kappa shape index (κ2) is 4.96. The summed E-state index contributed by atoms with van der Waals surface area (Å²) in [5.74, 6) is -1.40. The monoisotopic (exact) mass is 254 g/mol. The van der Waals surface area contributed by atoms with E-state index in [4.69, 9.17) is 10.8 Å². The van der Waals surface area contributed by atoms with Gasteiger partial charge < -0.3 is 16.2 Å². The van der Waals surface area contributed by atoms with Crippen LogP contribution in [-0.2, 0) is 14.4 Å². The standard InChI is InChI=1S/C12H18N2O4/c13-9(15)5-8(12(17)18)14-11(16)10-6-3-1-2-4-7(6)10/h6-8,10H,1-5H2,(H2,13,15)(H,14,16)(H,17,18)/t6?,7?,8-,10?/m0/s1. The number of nitrogens with one attached hydrogen (secondary N) is 1. The minimum absolute atomic E-state index is 0.0535. The average molecular weight is 254 g/mol. The molecule has 18 heavy (non-hydrogen) atoms. The van der Waals surface area contributed by atoms with E-state index in [0.29, 0.717) is 11.8 Å². The predicted octanol–water partition coefficient (Wildman–Crippen LogP) is -0.133. The third-order valence-electron chi connectivity index (χ3n) is 3.98. The number of fused-ring (bicyclic) bond motifs is 1. The molecule has 0 aromatic heterocycles. The minimum atomic E-state index is -1.22. The zero-order chi connectivity index (χ0) is 13.3. The molecule has 0 saturated heterocycles. The van der Waals surface area contributed by atoms with E-state index in [0.717, 1.165) is 25.7 Å². The largest absolute Gasteiger partial charge is 0.480 e. The summed E-state index contributed by atoms with van der Waals surface area (Å²) >= 11 is 0. The van der Waals surface area contributed by atoms with Crippen molar-refractivity contribution in [1.82, 2.24) is 5.32 Å². The number of hydrogen-bond acceptors (Lipinski definition) is 3. The molecule has 2 fully saturated rings. The lowest BCUT2D eigenvalue weighted by Gasteiger charge is -2.12. The number of hydrogen-bond donors (Lipinski definition) is 3. The van der Waals surface area contributed by atoms with E-state index in [9.17, 15) is 14.4 Å². The van der Waals surface area contributed by atoms with Crippen LogP contribution < -0.4 is 11.1 Å². The summed E-state index contributed by atoms with van der Waals surface area (Å²) in [6, 6.07) is -1.20. The van der Waals surface area contributed by atoms with Crippen LogP contribution in [-0.4, -0.2) is 28.9 Å². The first-order chi connectivity index (χ1) is 8.50. The molecule has 2 aliphatic carbocycles. The maximum atomic E-state index is 11.9. The molecular formula is C12H18N2O4. The highest BCUT2D eigenvalue weighted by Gasteiger charge is 2.55. The summed E-state index contributed by atoms with van der Waals surface area (Å²) in [5.41, 5.74) is 4.96. The van der Waals surface area contributed by atoms with Crippen molar-refractivity contribution < 1.29 is 19.5 Å². The molecular weight excluding hydrogens is 236 g/mol. The van der Waals surface area contributed by atoms with E-state index < -0.39 is 17.9 Å². The molecule has 2 rings (SSSR count). The number of carbonyl (C=O) groups is 3. The van der Waals surface area contributed by atoms with E-state index in [-0.39, 0.29) is 18.2 Å². The van der Waals surface area contributed by atoms with Crippen LogP contribution in [0.1, 0.15) is 32.1 Å². The number of aliphatic carboxylic acids is 1. The molecule has 0 heterocycles. The van der Waals surface area contributed by atoms with Crippen LogP contribution in [0.15, 0.2) is 0 Å². The molecule has 2 unspecified atom stereocenters. The molecule has 3 atom stereocenters. The van der Waals surface area contributed by atoms with Gasteiger partial charge in [-0.2, -0.15) is 0 Å². The second-order valence-corrected chi connectivity index (χ2v) is 5.21. The van der Waals surface area contributed by atoms with Gasteiger partial charge in [0.05, 0.1) is 6.42 Å². The summed E-state index contributed by atoms with van der Waals surface area (Å²) in [6.45, 7) is 0. The van der Waals surface area contributed by atoms with Crippen LogP contribution in [0.2, 0.25) is 0 Å². The molecule has 0 radical (unpaired) electrons. The average Bonchev–Trinajstić information content (AvgIpc) is 3.01. The second-order valence-electron chi connectivity index (χ2n) is 5.21. The highest BCUT2D eigenvalue weighted by molar-refractivity contribution is 5.90. The van der Waals surface area contributed by atoms with Gasteiger partial charge in [0.2, 0.25) is 11.8 Å². The van der Waals surface area contributed by atoms with Crippen molar-refractivity contribution in [3.8, 4) is 0 Å². The van der Waals surface area contributed by atoms with E-state index in [2.05, 4.69) is 5.32 Å². The molecule has 2 aliphatic rings. The van der Waals surface area contributed by atoms with Crippen molar-refractivity contribution >= 4 is 17.8 Å². The number of primary amides is 1. The molecule has 0 aromatic rings. The fourth-order valence-corrected chi connectivity index (χ4v) is 3.05. The van der Waals surface area contributed by atoms with Crippen molar-refractivity contribution in [3.05, 3.63) is 0 Å². The van der Waals surface area contributed by atoms with Gasteiger partial charge in [-0.1, -0.05) is 12.8 Å². The number of amides is 2. The third-order valence-corrected chi connectivity index (χ3v) is 3.98. The van der Waals surface area contributed by atoms with Crippen LogP contribution in [0, 0.1) is 17.8 Å². The lowest BCUT2D eigenvalue weighted by Crippen LogP contribution is -2.44. The van der Waals surface area contributed by atoms with Crippen LogP contribution in [0.4, 0.5) is 0 Å². The quantitative estimate of drug-likeness (QED) is 0.634. The summed E-state index contributed by atoms with van der Waals surface area (Å²) < 4.78 is 0. The first kappa shape index (κ1) is 12.9. The Morgan fingerprint density at radius 2 is 1.78 bits per heavy atom. The van der Waals surface area contributed by atoms with Gasteiger partial charge in [0.1, 0.15) is 6.04 Å². The fraction of sp³-hybridized carbons (Fsp3) is 0.750. The number of carboxylic acids is 1. The normalized spacial score (nSPS) is 31.0. The van der Waals surface area contributed by atoms with Gasteiger partial charge in [-0.05, 0) is 24.7 Å². The van der Waals surface area contributed by atoms with Crippen LogP contribution in [0.25, 0.3) is 0 Å². The van der Waals surface area contributed by atoms with Gasteiger partial charge in [0.15, 0.2) is 0 Å². The Kier molecular flexibility index (Phi) is 3.54. The minimum Gasteiger partial charge on any atom is -0.480 e. The van der Waals surface area contributed by atoms with E-state index in [1.54, 1.807) is 0 Å². The molecule has 100 valence electrons. The van der Waals surface area contributed by atoms with E-state index >= 15 is 0 Å². The van der Waals surface area contributed by atoms with E-state index in [1.807, 2.05) is 0 Å². The summed E-state index contributed by atoms with van der Waals surface area (Å²) in [4.78, 5) is 33.6. The summed E-state index contributed by atoms with van der Waals surface area (Å²) in [7, 11) is 0. The number of carbonyl (C=O) groups excluding carboxylic acids is 2. The lowest BCUT2D eigenvalue weighted by atomic mass is 10.0. The van der Waals surface area contributed by atoms with Crippen LogP contribution in [0.3, 0.4) is 0 Å². The molecule has 2 saturated carbocycles. The molecule has 0 bridgehead atoms. The summed E-state index contributed by atoms with van der Waals surface area (Å²) in [6.07, 6.45) is 4.04. The molecule has 0 aromatic carbocycles. The van der Waals surface area contributed by atoms with Gasteiger partial charge in [-0.15, -0.1) is 0 Å². The maximum absolute atomic E-state index is 11.9. The fourth-order valence-electron chi connectivity index (χ4n) is 3.05. The molecule has 2 amide bonds. The topological polar surface area (TPSA) is 109 Å². The molecule has 6 nitrogen and oxygen atoms in total. The Balaban J connectivity index is 1.89. The van der Waals surface area contributed by atoms with Crippen LogP contribution >= 0.6 is 0 Å². The Bertz CT molecular complexity index is 370. The Hall–Kier alpha value is -1.59. The summed E-state index contributed by atoms with van der Waals surface area (Å²) in [5, 5.41) is 11.3. The number of nitrogens with two attached hydrogens (primary N) is 1. The molecule has 4 N–H and O–H groups in total. The van der Waals surface area contributed by atoms with Crippen molar-refractivity contribution in [3.63, 3.8) is 0 Å². The van der Waals surface area contributed by atoms with Crippen molar-refractivity contribution in [1.29, 1.82) is 0 Å². The smallest absolute Gasteiger partial charge is 0.326 e. The Morgan fingerprint density at radius 3 is 2.22 bits per heavy atom. The van der Waals surface area contributed by atoms with Crippen molar-refractivity contribution in [2.45, 2.75) is 38.1 Å². The number of rotatable bonds is 5. The molecule has 0 spiro atoms. The maximum Gasteiger partial charge on any atom is 0.326 e. The molecule has 0 aliphatic heterocycles.